The number of hydrogen-bond donors (Lipinski definition) is 3. The van der Waals surface area contributed by atoms with Gasteiger partial charge in [0.25, 0.3) is 0 Å². The zero-order valence-corrected chi connectivity index (χ0v) is 11.6. The molecule has 0 bridgehead atoms. The number of carbonyl (C=O) groups excluding carboxylic acids is 1. The van der Waals surface area contributed by atoms with Crippen LogP contribution in [0.25, 0.3) is 0 Å². The summed E-state index contributed by atoms with van der Waals surface area (Å²) in [6.07, 6.45) is 0.774. The Kier molecular flexibility index (Phi) is 5.35. The Morgan fingerprint density at radius 1 is 1.63 bits per heavy atom. The molecule has 1 rings (SSSR count). The van der Waals surface area contributed by atoms with Crippen LogP contribution in [0.3, 0.4) is 0 Å². The van der Waals surface area contributed by atoms with Gasteiger partial charge in [-0.3, -0.25) is 9.48 Å². The van der Waals surface area contributed by atoms with Gasteiger partial charge < -0.3 is 16.3 Å². The third-order valence-electron chi connectivity index (χ3n) is 2.90. The fraction of sp³-hybridized carbons (Fsp3) is 0.583. The highest BCUT2D eigenvalue weighted by Gasteiger charge is 2.16. The first kappa shape index (κ1) is 15.0. The van der Waals surface area contributed by atoms with Crippen LogP contribution >= 0.6 is 0 Å². The maximum atomic E-state index is 11.6. The lowest BCUT2D eigenvalue weighted by molar-refractivity contribution is -0.122. The van der Waals surface area contributed by atoms with Crippen molar-refractivity contribution in [3.63, 3.8) is 0 Å². The van der Waals surface area contributed by atoms with E-state index in [0.29, 0.717) is 6.54 Å². The van der Waals surface area contributed by atoms with Gasteiger partial charge in [-0.05, 0) is 33.3 Å². The molecular formula is C12H21N5O2. The van der Waals surface area contributed by atoms with Gasteiger partial charge in [-0.25, -0.2) is 0 Å². The van der Waals surface area contributed by atoms with Crippen LogP contribution in [0.15, 0.2) is 11.2 Å². The summed E-state index contributed by atoms with van der Waals surface area (Å²) in [5.41, 5.74) is 7.45. The van der Waals surface area contributed by atoms with Gasteiger partial charge in [-0.2, -0.15) is 5.10 Å². The summed E-state index contributed by atoms with van der Waals surface area (Å²) in [4.78, 5) is 11.6. The molecule has 0 saturated carbocycles. The van der Waals surface area contributed by atoms with Crippen molar-refractivity contribution in [2.75, 3.05) is 6.54 Å². The van der Waals surface area contributed by atoms with E-state index >= 15 is 0 Å². The molecule has 1 unspecified atom stereocenters. The van der Waals surface area contributed by atoms with E-state index in [9.17, 15) is 4.79 Å². The Hall–Kier alpha value is -2.05. The molecule has 0 aliphatic rings. The van der Waals surface area contributed by atoms with Gasteiger partial charge in [-0.15, -0.1) is 0 Å². The largest absolute Gasteiger partial charge is 0.409 e. The van der Waals surface area contributed by atoms with Gasteiger partial charge in [0.2, 0.25) is 5.91 Å². The molecule has 0 aliphatic heterocycles. The second kappa shape index (κ2) is 6.77. The van der Waals surface area contributed by atoms with Gasteiger partial charge in [0.1, 0.15) is 0 Å². The van der Waals surface area contributed by atoms with Crippen molar-refractivity contribution in [3.8, 4) is 0 Å². The zero-order valence-electron chi connectivity index (χ0n) is 11.6. The molecule has 0 radical (unpaired) electrons. The summed E-state index contributed by atoms with van der Waals surface area (Å²) in [6.45, 7) is 6.81. The highest BCUT2D eigenvalue weighted by Crippen LogP contribution is 2.02. The molecule has 1 heterocycles. The number of amidine groups is 1. The molecule has 7 heteroatoms. The Balaban J connectivity index is 2.31. The lowest BCUT2D eigenvalue weighted by atomic mass is 10.1. The monoisotopic (exact) mass is 267 g/mol. The van der Waals surface area contributed by atoms with Crippen LogP contribution in [0.4, 0.5) is 0 Å². The van der Waals surface area contributed by atoms with E-state index in [1.807, 2.05) is 24.6 Å². The number of amides is 1. The lowest BCUT2D eigenvalue weighted by Gasteiger charge is -2.10. The number of hydrogen-bond acceptors (Lipinski definition) is 4. The molecule has 1 aromatic heterocycles. The smallest absolute Gasteiger partial charge is 0.230 e. The van der Waals surface area contributed by atoms with Crippen LogP contribution in [0.1, 0.15) is 24.7 Å². The molecule has 0 aromatic carbocycles. The van der Waals surface area contributed by atoms with Crippen molar-refractivity contribution < 1.29 is 10.0 Å². The first-order chi connectivity index (χ1) is 8.95. The van der Waals surface area contributed by atoms with E-state index in [4.69, 9.17) is 10.9 Å². The summed E-state index contributed by atoms with van der Waals surface area (Å²) >= 11 is 0. The minimum absolute atomic E-state index is 0.0870. The fourth-order valence-corrected chi connectivity index (χ4v) is 1.72. The predicted octanol–water partition coefficient (Wildman–Crippen LogP) is 0.389. The van der Waals surface area contributed by atoms with Crippen LogP contribution in [0, 0.1) is 19.8 Å². The van der Waals surface area contributed by atoms with Gasteiger partial charge >= 0.3 is 0 Å². The molecule has 0 aliphatic carbocycles. The Bertz CT molecular complexity index is 467. The van der Waals surface area contributed by atoms with Crippen LogP contribution in [-0.2, 0) is 11.3 Å². The van der Waals surface area contributed by atoms with E-state index in [-0.39, 0.29) is 11.7 Å². The van der Waals surface area contributed by atoms with Gasteiger partial charge in [-0.1, -0.05) is 5.16 Å². The van der Waals surface area contributed by atoms with E-state index in [1.54, 1.807) is 6.92 Å². The van der Waals surface area contributed by atoms with E-state index in [1.165, 1.54) is 0 Å². The molecule has 1 atom stereocenters. The Morgan fingerprint density at radius 3 is 2.84 bits per heavy atom. The number of nitrogens with one attached hydrogen (secondary N) is 1. The summed E-state index contributed by atoms with van der Waals surface area (Å²) < 4.78 is 1.91. The molecular weight excluding hydrogens is 246 g/mol. The van der Waals surface area contributed by atoms with Crippen molar-refractivity contribution in [2.45, 2.75) is 33.7 Å². The molecule has 7 nitrogen and oxygen atoms in total. The second-order valence-corrected chi connectivity index (χ2v) is 4.54. The quantitative estimate of drug-likeness (QED) is 0.228. The number of aryl methyl sites for hydroxylation is 3. The Labute approximate surface area is 112 Å². The molecule has 1 amide bonds. The minimum Gasteiger partial charge on any atom is -0.409 e. The molecule has 0 saturated heterocycles. The SMILES string of the molecule is Cc1cc(C)n(CCCNC(=O)C(C)/C(N)=N/O)n1. The predicted molar refractivity (Wildman–Crippen MR) is 71.9 cm³/mol. The van der Waals surface area contributed by atoms with Crippen molar-refractivity contribution in [1.29, 1.82) is 0 Å². The number of nitrogens with two attached hydrogens (primary N) is 1. The summed E-state index contributed by atoms with van der Waals surface area (Å²) in [5, 5.41) is 18.4. The number of nitrogens with zero attached hydrogens (tertiary/aromatic N) is 3. The average molecular weight is 267 g/mol. The van der Waals surface area contributed by atoms with Crippen molar-refractivity contribution >= 4 is 11.7 Å². The van der Waals surface area contributed by atoms with Gasteiger partial charge in [0.05, 0.1) is 11.6 Å². The summed E-state index contributed by atoms with van der Waals surface area (Å²) in [7, 11) is 0. The van der Waals surface area contributed by atoms with Gasteiger partial charge in [0.15, 0.2) is 5.84 Å². The van der Waals surface area contributed by atoms with Crippen LogP contribution in [0.2, 0.25) is 0 Å². The highest BCUT2D eigenvalue weighted by molar-refractivity contribution is 6.01. The molecule has 4 N–H and O–H groups in total. The van der Waals surface area contributed by atoms with Crippen LogP contribution in [-0.4, -0.2) is 33.3 Å². The average Bonchev–Trinajstić information content (AvgIpc) is 2.70. The van der Waals surface area contributed by atoms with E-state index in [2.05, 4.69) is 15.6 Å². The Morgan fingerprint density at radius 2 is 2.32 bits per heavy atom. The third kappa shape index (κ3) is 4.27. The number of carbonyl (C=O) groups is 1. The lowest BCUT2D eigenvalue weighted by Crippen LogP contribution is -2.37. The zero-order chi connectivity index (χ0) is 14.4. The number of oxime groups is 1. The van der Waals surface area contributed by atoms with Crippen LogP contribution in [0.5, 0.6) is 0 Å². The molecule has 19 heavy (non-hydrogen) atoms. The standard InChI is InChI=1S/C12H21N5O2/c1-8-7-9(2)17(15-8)6-4-5-14-12(18)10(3)11(13)16-19/h7,10,19H,4-6H2,1-3H3,(H2,13,16)(H,14,18). The first-order valence-corrected chi connectivity index (χ1v) is 6.22. The molecule has 0 fully saturated rings. The maximum Gasteiger partial charge on any atom is 0.230 e. The van der Waals surface area contributed by atoms with E-state index in [0.717, 1.165) is 24.4 Å². The van der Waals surface area contributed by atoms with Crippen molar-refractivity contribution in [1.82, 2.24) is 15.1 Å². The first-order valence-electron chi connectivity index (χ1n) is 6.22. The summed E-state index contributed by atoms with van der Waals surface area (Å²) in [5.74, 6) is -0.960. The van der Waals surface area contributed by atoms with Gasteiger partial charge in [0, 0.05) is 18.8 Å². The molecule has 106 valence electrons. The number of aromatic nitrogens is 2. The maximum absolute atomic E-state index is 11.6. The molecule has 1 aromatic rings. The van der Waals surface area contributed by atoms with E-state index < -0.39 is 5.92 Å². The van der Waals surface area contributed by atoms with Crippen molar-refractivity contribution in [3.05, 3.63) is 17.5 Å². The third-order valence-corrected chi connectivity index (χ3v) is 2.90. The summed E-state index contributed by atoms with van der Waals surface area (Å²) in [6, 6.07) is 2.01. The van der Waals surface area contributed by atoms with Crippen LogP contribution < -0.4 is 11.1 Å². The van der Waals surface area contributed by atoms with Crippen molar-refractivity contribution in [2.24, 2.45) is 16.8 Å². The fourth-order valence-electron chi connectivity index (χ4n) is 1.72. The number of rotatable bonds is 6. The minimum atomic E-state index is -0.626. The topological polar surface area (TPSA) is 106 Å². The molecule has 0 spiro atoms. The highest BCUT2D eigenvalue weighted by atomic mass is 16.4. The normalized spacial score (nSPS) is 13.3. The second-order valence-electron chi connectivity index (χ2n) is 4.54.